The van der Waals surface area contributed by atoms with Gasteiger partial charge in [0.2, 0.25) is 5.91 Å². The van der Waals surface area contributed by atoms with Crippen molar-refractivity contribution in [3.05, 3.63) is 130 Å². The molecule has 4 aromatic rings. The maximum Gasteiger partial charge on any atom is 0.416 e. The number of anilines is 1. The lowest BCUT2D eigenvalue weighted by Crippen LogP contribution is -2.44. The van der Waals surface area contributed by atoms with Crippen LogP contribution >= 0.6 is 11.3 Å². The van der Waals surface area contributed by atoms with Gasteiger partial charge in [-0.1, -0.05) is 69.0 Å². The van der Waals surface area contributed by atoms with Gasteiger partial charge in [-0.3, -0.25) is 4.79 Å². The van der Waals surface area contributed by atoms with Crippen LogP contribution in [0.2, 0.25) is 0 Å². The van der Waals surface area contributed by atoms with Crippen LogP contribution < -0.4 is 4.90 Å². The third-order valence-electron chi connectivity index (χ3n) is 8.75. The third-order valence-corrected chi connectivity index (χ3v) is 9.48. The Hall–Kier alpha value is -4.28. The summed E-state index contributed by atoms with van der Waals surface area (Å²) in [6, 6.07) is 16.7. The number of carbonyl (C=O) groups is 1. The molecule has 0 N–H and O–H groups in total. The van der Waals surface area contributed by atoms with E-state index in [2.05, 4.69) is 25.3 Å². The van der Waals surface area contributed by atoms with Crippen molar-refractivity contribution in [2.75, 3.05) is 37.6 Å². The van der Waals surface area contributed by atoms with Crippen LogP contribution in [-0.2, 0) is 23.9 Å². The maximum absolute atomic E-state index is 14.5. The molecule has 0 saturated carbocycles. The van der Waals surface area contributed by atoms with Crippen molar-refractivity contribution in [2.45, 2.75) is 39.4 Å². The molecule has 0 aliphatic carbocycles. The summed E-state index contributed by atoms with van der Waals surface area (Å²) >= 11 is 1.51. The second kappa shape index (κ2) is 15.3. The van der Waals surface area contributed by atoms with E-state index in [4.69, 9.17) is 0 Å². The van der Waals surface area contributed by atoms with Crippen LogP contribution in [0.15, 0.2) is 95.8 Å². The molecule has 0 fully saturated rings. The highest BCUT2D eigenvalue weighted by Gasteiger charge is 2.30. The summed E-state index contributed by atoms with van der Waals surface area (Å²) in [5, 5.41) is 3.97. The summed E-state index contributed by atoms with van der Waals surface area (Å²) in [6.45, 7) is 11.6. The van der Waals surface area contributed by atoms with E-state index in [-0.39, 0.29) is 24.4 Å². The Kier molecular flexibility index (Phi) is 11.2. The molecule has 0 radical (unpaired) electrons. The first-order valence-electron chi connectivity index (χ1n) is 15.9. The molecule has 1 aliphatic rings. The summed E-state index contributed by atoms with van der Waals surface area (Å²) in [7, 11) is 0. The average Bonchev–Trinajstić information content (AvgIpc) is 3.58. The van der Waals surface area contributed by atoms with Gasteiger partial charge in [0.1, 0.15) is 6.54 Å². The summed E-state index contributed by atoms with van der Waals surface area (Å²) in [5.74, 6) is -1.85. The Bertz CT molecular complexity index is 1760. The number of alkyl halides is 3. The molecule has 0 bridgehead atoms. The molecular formula is C38H38F5N3OS. The lowest BCUT2D eigenvalue weighted by Gasteiger charge is -2.34. The largest absolute Gasteiger partial charge is 0.416 e. The van der Waals surface area contributed by atoms with Crippen molar-refractivity contribution < 1.29 is 26.7 Å². The van der Waals surface area contributed by atoms with Crippen LogP contribution in [0.3, 0.4) is 0 Å². The van der Waals surface area contributed by atoms with Crippen LogP contribution in [0.25, 0.3) is 16.7 Å². The molecule has 10 heteroatoms. The number of likely N-dealkylation sites (N-methyl/N-ethyl adjacent to an activating group) is 1. The smallest absolute Gasteiger partial charge is 0.336 e. The molecular weight excluding hydrogens is 641 g/mol. The molecule has 4 nitrogen and oxygen atoms in total. The van der Waals surface area contributed by atoms with Crippen LogP contribution in [-0.4, -0.2) is 48.4 Å². The van der Waals surface area contributed by atoms with E-state index in [1.54, 1.807) is 6.07 Å². The monoisotopic (exact) mass is 679 g/mol. The average molecular weight is 680 g/mol. The number of thiophene rings is 1. The van der Waals surface area contributed by atoms with Crippen LogP contribution in [0.5, 0.6) is 0 Å². The molecule has 1 amide bonds. The first kappa shape index (κ1) is 35.0. The highest BCUT2D eigenvalue weighted by Crippen LogP contribution is 2.39. The predicted octanol–water partition coefficient (Wildman–Crippen LogP) is 9.43. The highest BCUT2D eigenvalue weighted by molar-refractivity contribution is 7.08. The number of fused-ring (bicyclic) bond motifs is 1. The Morgan fingerprint density at radius 3 is 2.19 bits per heavy atom. The molecule has 252 valence electrons. The first-order chi connectivity index (χ1) is 23.0. The minimum Gasteiger partial charge on any atom is -0.336 e. The predicted molar refractivity (Wildman–Crippen MR) is 184 cm³/mol. The fraction of sp³-hybridized carbons (Fsp3) is 0.289. The van der Waals surface area contributed by atoms with Gasteiger partial charge in [0.05, 0.1) is 11.3 Å². The van der Waals surface area contributed by atoms with Crippen molar-refractivity contribution in [2.24, 2.45) is 0 Å². The molecule has 2 heterocycles. The van der Waals surface area contributed by atoms with Crippen LogP contribution in [0.1, 0.15) is 42.5 Å². The van der Waals surface area contributed by atoms with E-state index in [0.717, 1.165) is 64.9 Å². The molecule has 0 unspecified atom stereocenters. The second-order valence-electron chi connectivity index (χ2n) is 11.7. The number of aryl methyl sites for hydroxylation is 1. The van der Waals surface area contributed by atoms with Crippen molar-refractivity contribution in [1.82, 2.24) is 9.80 Å². The second-order valence-corrected chi connectivity index (χ2v) is 12.5. The molecule has 1 aliphatic heterocycles. The lowest BCUT2D eigenvalue weighted by atomic mass is 9.98. The Labute approximate surface area is 282 Å². The summed E-state index contributed by atoms with van der Waals surface area (Å²) in [4.78, 5) is 20.2. The zero-order valence-electron chi connectivity index (χ0n) is 27.0. The molecule has 0 atom stereocenters. The summed E-state index contributed by atoms with van der Waals surface area (Å²) in [5.41, 5.74) is 5.29. The first-order valence-corrected chi connectivity index (χ1v) is 16.9. The van der Waals surface area contributed by atoms with Gasteiger partial charge in [-0.05, 0) is 78.0 Å². The van der Waals surface area contributed by atoms with Gasteiger partial charge in [-0.25, -0.2) is 8.78 Å². The fourth-order valence-corrected chi connectivity index (χ4v) is 6.71. The number of hydrogen-bond donors (Lipinski definition) is 0. The van der Waals surface area contributed by atoms with Crippen LogP contribution in [0, 0.1) is 11.6 Å². The van der Waals surface area contributed by atoms with Gasteiger partial charge in [-0.2, -0.15) is 13.2 Å². The van der Waals surface area contributed by atoms with Crippen molar-refractivity contribution in [3.8, 4) is 11.1 Å². The number of benzene rings is 3. The van der Waals surface area contributed by atoms with Crippen LogP contribution in [0.4, 0.5) is 27.6 Å². The van der Waals surface area contributed by atoms with Gasteiger partial charge < -0.3 is 14.7 Å². The van der Waals surface area contributed by atoms with Gasteiger partial charge in [-0.15, -0.1) is 11.3 Å². The maximum atomic E-state index is 14.5. The molecule has 3 aromatic carbocycles. The normalized spacial score (nSPS) is 13.1. The SMILES string of the molecule is C=C1C=C(CCc2cccc(F)c2F)N(CC(=O)N(CCN(CC)CC)Cc2ccc(-c3ccc(C(F)(F)F)cc3)cc2)c2cscc21. The van der Waals surface area contributed by atoms with Crippen molar-refractivity contribution >= 4 is 28.5 Å². The molecule has 48 heavy (non-hydrogen) atoms. The Morgan fingerprint density at radius 2 is 1.54 bits per heavy atom. The van der Waals surface area contributed by atoms with Gasteiger partial charge in [0.25, 0.3) is 0 Å². The van der Waals surface area contributed by atoms with E-state index < -0.39 is 23.4 Å². The van der Waals surface area contributed by atoms with E-state index in [9.17, 15) is 26.7 Å². The van der Waals surface area contributed by atoms with E-state index in [1.165, 1.54) is 29.5 Å². The number of nitrogens with zero attached hydrogens (tertiary/aromatic N) is 3. The number of allylic oxidation sites excluding steroid dienone is 3. The fourth-order valence-electron chi connectivity index (χ4n) is 5.85. The molecule has 5 rings (SSSR count). The van der Waals surface area contributed by atoms with E-state index in [0.29, 0.717) is 31.6 Å². The third kappa shape index (κ3) is 8.22. The van der Waals surface area contributed by atoms with Crippen molar-refractivity contribution in [3.63, 3.8) is 0 Å². The number of rotatable bonds is 13. The summed E-state index contributed by atoms with van der Waals surface area (Å²) < 4.78 is 67.5. The highest BCUT2D eigenvalue weighted by atomic mass is 32.1. The van der Waals surface area contributed by atoms with Crippen molar-refractivity contribution in [1.29, 1.82) is 0 Å². The molecule has 1 aromatic heterocycles. The lowest BCUT2D eigenvalue weighted by molar-refractivity contribution is -0.137. The van der Waals surface area contributed by atoms with Gasteiger partial charge in [0, 0.05) is 41.7 Å². The van der Waals surface area contributed by atoms with Gasteiger partial charge in [0.15, 0.2) is 11.6 Å². The number of amides is 1. The Morgan fingerprint density at radius 1 is 0.875 bits per heavy atom. The number of halogens is 5. The number of carbonyl (C=O) groups excluding carboxylic acids is 1. The Balaban J connectivity index is 1.36. The minimum absolute atomic E-state index is 0.0520. The zero-order chi connectivity index (χ0) is 34.4. The standard InChI is InChI=1S/C38H38F5N3OS/c1-4-44(5-2)19-20-45(22-27-9-11-28(12-10-27)29-13-16-31(17-14-29)38(41,42)43)36(47)23-46-32(21-26(3)33-24-48-25-35(33)46)18-15-30-7-6-8-34(39)37(30)40/h6-14,16-17,21,24-25H,3-5,15,18-20,22-23H2,1-2H3. The number of hydrogen-bond acceptors (Lipinski definition) is 4. The quantitative estimate of drug-likeness (QED) is 0.132. The van der Waals surface area contributed by atoms with E-state index in [1.807, 2.05) is 50.9 Å². The van der Waals surface area contributed by atoms with Gasteiger partial charge >= 0.3 is 6.18 Å². The zero-order valence-corrected chi connectivity index (χ0v) is 27.8. The molecule has 0 spiro atoms. The summed E-state index contributed by atoms with van der Waals surface area (Å²) in [6.07, 6.45) is -1.84. The molecule has 0 saturated heterocycles. The topological polar surface area (TPSA) is 26.8 Å². The minimum atomic E-state index is -4.40. The van der Waals surface area contributed by atoms with E-state index >= 15 is 0 Å².